The Morgan fingerprint density at radius 3 is 2.17 bits per heavy atom. The lowest BCUT2D eigenvalue weighted by molar-refractivity contribution is -0.160. The van der Waals surface area contributed by atoms with E-state index in [1.807, 2.05) is 13.8 Å². The fraction of sp³-hybridized carbons (Fsp3) is 0.824. The van der Waals surface area contributed by atoms with E-state index in [9.17, 15) is 14.4 Å². The topological polar surface area (TPSA) is 92.7 Å². The fourth-order valence-electron chi connectivity index (χ4n) is 2.79. The van der Waals surface area contributed by atoms with Gasteiger partial charge in [0.25, 0.3) is 0 Å². The van der Waals surface area contributed by atoms with Crippen LogP contribution in [0.3, 0.4) is 0 Å². The van der Waals surface area contributed by atoms with Crippen molar-refractivity contribution in [2.45, 2.75) is 71.9 Å². The second kappa shape index (κ2) is 7.79. The summed E-state index contributed by atoms with van der Waals surface area (Å²) in [7, 11) is 0. The molecule has 3 atom stereocenters. The number of carbonyl (C=O) groups excluding carboxylic acids is 2. The van der Waals surface area contributed by atoms with E-state index in [2.05, 4.69) is 5.32 Å². The average Bonchev–Trinajstić information content (AvgIpc) is 2.42. The van der Waals surface area contributed by atoms with Gasteiger partial charge in [0.1, 0.15) is 11.6 Å². The first kappa shape index (κ1) is 19.5. The number of carboxylic acids is 1. The number of nitrogens with one attached hydrogen (secondary N) is 1. The summed E-state index contributed by atoms with van der Waals surface area (Å²) in [6.07, 6.45) is 2.32. The van der Waals surface area contributed by atoms with Gasteiger partial charge in [0.2, 0.25) is 5.91 Å². The molecule has 0 saturated heterocycles. The highest BCUT2D eigenvalue weighted by Crippen LogP contribution is 2.29. The first-order valence-electron chi connectivity index (χ1n) is 8.27. The van der Waals surface area contributed by atoms with Gasteiger partial charge in [0.05, 0.1) is 5.92 Å². The molecule has 0 aliphatic heterocycles. The Morgan fingerprint density at radius 1 is 1.13 bits per heavy atom. The zero-order valence-corrected chi connectivity index (χ0v) is 14.7. The summed E-state index contributed by atoms with van der Waals surface area (Å²) in [5.41, 5.74) is -0.617. The van der Waals surface area contributed by atoms with Gasteiger partial charge in [-0.05, 0) is 46.0 Å². The maximum Gasteiger partial charge on any atom is 0.329 e. The van der Waals surface area contributed by atoms with Crippen LogP contribution < -0.4 is 5.32 Å². The molecule has 1 rings (SSSR count). The summed E-state index contributed by atoms with van der Waals surface area (Å²) < 4.78 is 5.36. The van der Waals surface area contributed by atoms with Crippen LogP contribution in [-0.4, -0.2) is 34.6 Å². The molecule has 132 valence electrons. The molecule has 6 nitrogen and oxygen atoms in total. The van der Waals surface area contributed by atoms with Crippen LogP contribution in [-0.2, 0) is 19.1 Å². The second-order valence-corrected chi connectivity index (χ2v) is 7.66. The molecule has 6 heteroatoms. The van der Waals surface area contributed by atoms with Gasteiger partial charge in [-0.15, -0.1) is 0 Å². The lowest BCUT2D eigenvalue weighted by Gasteiger charge is -2.30. The number of hydrogen-bond donors (Lipinski definition) is 2. The molecular weight excluding hydrogens is 298 g/mol. The largest absolute Gasteiger partial charge is 0.481 e. The summed E-state index contributed by atoms with van der Waals surface area (Å²) in [5, 5.41) is 11.9. The summed E-state index contributed by atoms with van der Waals surface area (Å²) in [6.45, 7) is 9.03. The Balaban J connectivity index is 2.70. The number of hydrogen-bond acceptors (Lipinski definition) is 4. The maximum absolute atomic E-state index is 12.4. The first-order valence-corrected chi connectivity index (χ1v) is 8.27. The van der Waals surface area contributed by atoms with Crippen LogP contribution in [0, 0.1) is 17.8 Å². The van der Waals surface area contributed by atoms with E-state index in [-0.39, 0.29) is 17.7 Å². The number of carbonyl (C=O) groups is 3. The quantitative estimate of drug-likeness (QED) is 0.756. The third-order valence-corrected chi connectivity index (χ3v) is 4.02. The van der Waals surface area contributed by atoms with Gasteiger partial charge in [0.15, 0.2) is 0 Å². The van der Waals surface area contributed by atoms with Crippen molar-refractivity contribution in [2.75, 3.05) is 0 Å². The predicted octanol–water partition coefficient (Wildman–Crippen LogP) is 2.36. The molecule has 1 amide bonds. The lowest BCUT2D eigenvalue weighted by atomic mass is 9.81. The van der Waals surface area contributed by atoms with Gasteiger partial charge in [-0.25, -0.2) is 4.79 Å². The summed E-state index contributed by atoms with van der Waals surface area (Å²) in [6, 6.07) is -0.716. The van der Waals surface area contributed by atoms with Crippen molar-refractivity contribution in [3.05, 3.63) is 0 Å². The monoisotopic (exact) mass is 327 g/mol. The van der Waals surface area contributed by atoms with Crippen molar-refractivity contribution in [1.82, 2.24) is 5.32 Å². The molecule has 1 fully saturated rings. The highest BCUT2D eigenvalue weighted by atomic mass is 16.6. The van der Waals surface area contributed by atoms with E-state index in [1.165, 1.54) is 0 Å². The number of amides is 1. The molecule has 23 heavy (non-hydrogen) atoms. The lowest BCUT2D eigenvalue weighted by Crippen LogP contribution is -2.49. The molecule has 0 radical (unpaired) electrons. The molecule has 0 heterocycles. The van der Waals surface area contributed by atoms with E-state index >= 15 is 0 Å². The van der Waals surface area contributed by atoms with Gasteiger partial charge in [-0.2, -0.15) is 0 Å². The van der Waals surface area contributed by atoms with Crippen LogP contribution in [0.2, 0.25) is 0 Å². The molecule has 0 bridgehead atoms. The molecule has 0 aromatic carbocycles. The minimum absolute atomic E-state index is 0.104. The van der Waals surface area contributed by atoms with Gasteiger partial charge in [-0.1, -0.05) is 20.3 Å². The molecule has 1 aliphatic rings. The molecule has 0 aromatic heterocycles. The van der Waals surface area contributed by atoms with Crippen molar-refractivity contribution >= 4 is 17.8 Å². The fourth-order valence-corrected chi connectivity index (χ4v) is 2.79. The van der Waals surface area contributed by atoms with E-state index in [0.29, 0.717) is 25.7 Å². The molecule has 0 unspecified atom stereocenters. The number of rotatable bonds is 5. The van der Waals surface area contributed by atoms with Gasteiger partial charge in [-0.3, -0.25) is 9.59 Å². The van der Waals surface area contributed by atoms with Crippen molar-refractivity contribution < 1.29 is 24.2 Å². The van der Waals surface area contributed by atoms with Crippen molar-refractivity contribution in [3.63, 3.8) is 0 Å². The molecule has 1 saturated carbocycles. The first-order chi connectivity index (χ1) is 10.5. The molecule has 2 N–H and O–H groups in total. The Kier molecular flexibility index (Phi) is 6.59. The van der Waals surface area contributed by atoms with Crippen LogP contribution in [0.1, 0.15) is 60.3 Å². The molecule has 1 aliphatic carbocycles. The van der Waals surface area contributed by atoms with Crippen LogP contribution in [0.25, 0.3) is 0 Å². The maximum atomic E-state index is 12.4. The Morgan fingerprint density at radius 2 is 1.70 bits per heavy atom. The van der Waals surface area contributed by atoms with E-state index in [4.69, 9.17) is 9.84 Å². The van der Waals surface area contributed by atoms with Crippen molar-refractivity contribution in [2.24, 2.45) is 17.8 Å². The number of aliphatic carboxylic acids is 1. The minimum atomic E-state index is -0.852. The highest BCUT2D eigenvalue weighted by molar-refractivity contribution is 5.86. The average molecular weight is 327 g/mol. The van der Waals surface area contributed by atoms with E-state index < -0.39 is 29.5 Å². The summed E-state index contributed by atoms with van der Waals surface area (Å²) >= 11 is 0. The smallest absolute Gasteiger partial charge is 0.329 e. The summed E-state index contributed by atoms with van der Waals surface area (Å²) in [4.78, 5) is 35.8. The van der Waals surface area contributed by atoms with Crippen molar-refractivity contribution in [1.29, 1.82) is 0 Å². The third kappa shape index (κ3) is 6.20. The number of ether oxygens (including phenoxy) is 1. The number of esters is 1. The Bertz CT molecular complexity index is 452. The van der Waals surface area contributed by atoms with Crippen LogP contribution in [0.4, 0.5) is 0 Å². The summed E-state index contributed by atoms with van der Waals surface area (Å²) in [5.74, 6) is -2.48. The van der Waals surface area contributed by atoms with E-state index in [0.717, 1.165) is 0 Å². The van der Waals surface area contributed by atoms with Crippen LogP contribution >= 0.6 is 0 Å². The van der Waals surface area contributed by atoms with Crippen LogP contribution in [0.15, 0.2) is 0 Å². The zero-order chi connectivity index (χ0) is 17.8. The highest BCUT2D eigenvalue weighted by Gasteiger charge is 2.35. The van der Waals surface area contributed by atoms with Gasteiger partial charge in [0, 0.05) is 5.92 Å². The molecule has 0 spiro atoms. The third-order valence-electron chi connectivity index (χ3n) is 4.02. The Labute approximate surface area is 138 Å². The number of carboxylic acid groups (broad SMARTS) is 1. The predicted molar refractivity (Wildman–Crippen MR) is 85.7 cm³/mol. The van der Waals surface area contributed by atoms with Crippen molar-refractivity contribution in [3.8, 4) is 0 Å². The second-order valence-electron chi connectivity index (χ2n) is 7.66. The van der Waals surface area contributed by atoms with Gasteiger partial charge >= 0.3 is 11.9 Å². The molecular formula is C17H29NO5. The minimum Gasteiger partial charge on any atom is -0.481 e. The molecule has 0 aromatic rings. The normalized spacial score (nSPS) is 23.2. The zero-order valence-electron chi connectivity index (χ0n) is 14.7. The van der Waals surface area contributed by atoms with E-state index in [1.54, 1.807) is 20.8 Å². The SMILES string of the molecule is CC(C)[C@H](NC(=O)[C@@H]1CCC[C@H](C(=O)O)C1)C(=O)OC(C)(C)C. The standard InChI is InChI=1S/C17H29NO5/c1-10(2)13(16(22)23-17(3,4)5)18-14(19)11-7-6-8-12(9-11)15(20)21/h10-13H,6-9H2,1-5H3,(H,18,19)(H,20,21)/t11-,12+,13+/m1/s1. The van der Waals surface area contributed by atoms with Crippen LogP contribution in [0.5, 0.6) is 0 Å². The Hall–Kier alpha value is -1.59. The van der Waals surface area contributed by atoms with Gasteiger partial charge < -0.3 is 15.2 Å².